The molecule has 0 aliphatic heterocycles. The van der Waals surface area contributed by atoms with Crippen LogP contribution in [0.2, 0.25) is 5.02 Å². The van der Waals surface area contributed by atoms with Gasteiger partial charge in [0.2, 0.25) is 0 Å². The van der Waals surface area contributed by atoms with E-state index in [-0.39, 0.29) is 6.54 Å². The average Bonchev–Trinajstić information content (AvgIpc) is 2.96. The molecule has 0 unspecified atom stereocenters. The lowest BCUT2D eigenvalue weighted by Crippen LogP contribution is -2.42. The Kier molecular flexibility index (Phi) is 4.84. The lowest BCUT2D eigenvalue weighted by molar-refractivity contribution is -0.135. The van der Waals surface area contributed by atoms with Gasteiger partial charge < -0.3 is 14.8 Å². The number of rotatable bonds is 5. The fraction of sp³-hybridized carbons (Fsp3) is 0.143. The third-order valence-electron chi connectivity index (χ3n) is 2.70. The molecule has 0 fully saturated rings. The lowest BCUT2D eigenvalue weighted by atomic mass is 10.3. The van der Waals surface area contributed by atoms with E-state index in [1.54, 1.807) is 30.3 Å². The maximum Gasteiger partial charge on any atom is 0.323 e. The highest BCUT2D eigenvalue weighted by atomic mass is 35.5. The number of urea groups is 1. The van der Waals surface area contributed by atoms with Gasteiger partial charge in [0.05, 0.1) is 12.5 Å². The quantitative estimate of drug-likeness (QED) is 0.889. The van der Waals surface area contributed by atoms with Gasteiger partial charge in [-0.2, -0.15) is 0 Å². The van der Waals surface area contributed by atoms with Crippen LogP contribution in [0.3, 0.4) is 0 Å². The van der Waals surface area contributed by atoms with E-state index in [9.17, 15) is 9.59 Å². The largest absolute Gasteiger partial charge is 0.480 e. The molecule has 2 aromatic rings. The first-order valence-electron chi connectivity index (χ1n) is 6.10. The number of carbonyl (C=O) groups excluding carboxylic acids is 1. The minimum Gasteiger partial charge on any atom is -0.480 e. The monoisotopic (exact) mass is 308 g/mol. The van der Waals surface area contributed by atoms with Crippen molar-refractivity contribution in [3.05, 3.63) is 53.4 Å². The van der Waals surface area contributed by atoms with E-state index >= 15 is 0 Å². The number of carboxylic acid groups (broad SMARTS) is 1. The molecule has 0 aliphatic carbocycles. The van der Waals surface area contributed by atoms with Crippen LogP contribution in [0.25, 0.3) is 0 Å². The molecule has 0 aliphatic rings. The topological polar surface area (TPSA) is 82.8 Å². The minimum absolute atomic E-state index is 0.249. The van der Waals surface area contributed by atoms with Crippen molar-refractivity contribution < 1.29 is 19.1 Å². The van der Waals surface area contributed by atoms with Gasteiger partial charge in [0, 0.05) is 22.8 Å². The summed E-state index contributed by atoms with van der Waals surface area (Å²) < 4.78 is 4.90. The van der Waals surface area contributed by atoms with E-state index in [0.717, 1.165) is 10.5 Å². The van der Waals surface area contributed by atoms with Crippen molar-refractivity contribution in [2.24, 2.45) is 0 Å². The third kappa shape index (κ3) is 4.25. The summed E-state index contributed by atoms with van der Waals surface area (Å²) in [5.74, 6) is -1.11. The van der Waals surface area contributed by atoms with Crippen molar-refractivity contribution in [1.29, 1.82) is 0 Å². The molecule has 0 spiro atoms. The normalized spacial score (nSPS) is 10.1. The van der Waals surface area contributed by atoms with Gasteiger partial charge in [0.25, 0.3) is 0 Å². The van der Waals surface area contributed by atoms with Gasteiger partial charge in [-0.05, 0) is 30.3 Å². The van der Waals surface area contributed by atoms with E-state index in [4.69, 9.17) is 21.1 Å². The number of nitrogens with zero attached hydrogens (tertiary/aromatic N) is 1. The molecule has 0 atom stereocenters. The average molecular weight is 309 g/mol. The smallest absolute Gasteiger partial charge is 0.323 e. The van der Waals surface area contributed by atoms with Crippen molar-refractivity contribution in [1.82, 2.24) is 5.32 Å². The van der Waals surface area contributed by atoms with Crippen LogP contribution < -0.4 is 10.2 Å². The van der Waals surface area contributed by atoms with Gasteiger partial charge in [0.1, 0.15) is 6.54 Å². The molecule has 1 heterocycles. The highest BCUT2D eigenvalue weighted by Crippen LogP contribution is 2.18. The van der Waals surface area contributed by atoms with Crippen LogP contribution in [0, 0.1) is 0 Å². The molecule has 0 saturated carbocycles. The molecule has 21 heavy (non-hydrogen) atoms. The standard InChI is InChI=1S/C14H13ClN2O4/c15-11-1-3-12(4-2-11)17(8-13(18)19)14(20)16-7-10-5-6-21-9-10/h1-6,9H,7-8H2,(H,16,20)(H,18,19). The number of hydrogen-bond donors (Lipinski definition) is 2. The van der Waals surface area contributed by atoms with Gasteiger partial charge in [-0.1, -0.05) is 11.6 Å². The lowest BCUT2D eigenvalue weighted by Gasteiger charge is -2.21. The zero-order chi connectivity index (χ0) is 15.2. The summed E-state index contributed by atoms with van der Waals surface area (Å²) in [4.78, 5) is 24.2. The van der Waals surface area contributed by atoms with Gasteiger partial charge >= 0.3 is 12.0 Å². The number of carboxylic acids is 1. The van der Waals surface area contributed by atoms with Gasteiger partial charge in [-0.15, -0.1) is 0 Å². The molecule has 6 nitrogen and oxygen atoms in total. The van der Waals surface area contributed by atoms with Crippen LogP contribution >= 0.6 is 11.6 Å². The van der Waals surface area contributed by atoms with Crippen LogP contribution in [0.1, 0.15) is 5.56 Å². The molecule has 0 bridgehead atoms. The van der Waals surface area contributed by atoms with Crippen LogP contribution in [0.4, 0.5) is 10.5 Å². The Morgan fingerprint density at radius 1 is 1.24 bits per heavy atom. The number of halogens is 1. The molecule has 1 aromatic heterocycles. The summed E-state index contributed by atoms with van der Waals surface area (Å²) in [5, 5.41) is 12.1. The summed E-state index contributed by atoms with van der Waals surface area (Å²) in [6.45, 7) is -0.197. The van der Waals surface area contributed by atoms with Crippen LogP contribution in [0.5, 0.6) is 0 Å². The van der Waals surface area contributed by atoms with Crippen molar-refractivity contribution in [3.8, 4) is 0 Å². The van der Waals surface area contributed by atoms with Crippen molar-refractivity contribution in [2.45, 2.75) is 6.54 Å². The number of hydrogen-bond acceptors (Lipinski definition) is 3. The Morgan fingerprint density at radius 3 is 2.52 bits per heavy atom. The molecule has 0 saturated heterocycles. The SMILES string of the molecule is O=C(O)CN(C(=O)NCc1ccoc1)c1ccc(Cl)cc1. The fourth-order valence-electron chi connectivity index (χ4n) is 1.70. The first-order chi connectivity index (χ1) is 10.1. The second kappa shape index (κ2) is 6.81. The Morgan fingerprint density at radius 2 is 1.95 bits per heavy atom. The summed E-state index contributed by atoms with van der Waals surface area (Å²) >= 11 is 5.78. The van der Waals surface area contributed by atoms with Gasteiger partial charge in [-0.3, -0.25) is 9.69 Å². The second-order valence-corrected chi connectivity index (χ2v) is 4.68. The maximum absolute atomic E-state index is 12.1. The molecule has 110 valence electrons. The Hall–Kier alpha value is -2.47. The molecule has 2 amide bonds. The van der Waals surface area contributed by atoms with E-state index in [1.807, 2.05) is 0 Å². The summed E-state index contributed by atoms with van der Waals surface area (Å²) in [5.41, 5.74) is 1.24. The summed E-state index contributed by atoms with van der Waals surface area (Å²) in [6.07, 6.45) is 3.00. The van der Waals surface area contributed by atoms with Crippen LogP contribution in [-0.2, 0) is 11.3 Å². The van der Waals surface area contributed by atoms with E-state index < -0.39 is 18.5 Å². The molecule has 0 radical (unpaired) electrons. The van der Waals surface area contributed by atoms with Gasteiger partial charge in [-0.25, -0.2) is 4.79 Å². The number of nitrogens with one attached hydrogen (secondary N) is 1. The third-order valence-corrected chi connectivity index (χ3v) is 2.95. The van der Waals surface area contributed by atoms with Crippen molar-refractivity contribution in [3.63, 3.8) is 0 Å². The number of carbonyl (C=O) groups is 2. The zero-order valence-corrected chi connectivity index (χ0v) is 11.7. The highest BCUT2D eigenvalue weighted by Gasteiger charge is 2.18. The van der Waals surface area contributed by atoms with Gasteiger partial charge in [0.15, 0.2) is 0 Å². The second-order valence-electron chi connectivity index (χ2n) is 4.25. The van der Waals surface area contributed by atoms with E-state index in [1.165, 1.54) is 12.5 Å². The number of aliphatic carboxylic acids is 1. The van der Waals surface area contributed by atoms with Crippen LogP contribution in [-0.4, -0.2) is 23.7 Å². The van der Waals surface area contributed by atoms with Crippen molar-refractivity contribution >= 4 is 29.3 Å². The Labute approximate surface area is 125 Å². The molecular formula is C14H13ClN2O4. The molecule has 1 aromatic carbocycles. The number of benzene rings is 1. The Balaban J connectivity index is 2.09. The van der Waals surface area contributed by atoms with E-state index in [0.29, 0.717) is 10.7 Å². The predicted octanol–water partition coefficient (Wildman–Crippen LogP) is 2.73. The predicted molar refractivity (Wildman–Crippen MR) is 77.4 cm³/mol. The molecule has 2 rings (SSSR count). The Bertz CT molecular complexity index is 610. The van der Waals surface area contributed by atoms with Crippen LogP contribution in [0.15, 0.2) is 47.3 Å². The number of amides is 2. The summed E-state index contributed by atoms with van der Waals surface area (Å²) in [7, 11) is 0. The first-order valence-corrected chi connectivity index (χ1v) is 6.48. The maximum atomic E-state index is 12.1. The summed E-state index contributed by atoms with van der Waals surface area (Å²) in [6, 6.07) is 7.56. The first kappa shape index (κ1) is 14.9. The number of anilines is 1. The minimum atomic E-state index is -1.11. The van der Waals surface area contributed by atoms with E-state index in [2.05, 4.69) is 5.32 Å². The molecular weight excluding hydrogens is 296 g/mol. The highest BCUT2D eigenvalue weighted by molar-refractivity contribution is 6.30. The zero-order valence-electron chi connectivity index (χ0n) is 11.0. The molecule has 7 heteroatoms. The molecule has 2 N–H and O–H groups in total. The van der Waals surface area contributed by atoms with Crippen molar-refractivity contribution in [2.75, 3.05) is 11.4 Å². The fourth-order valence-corrected chi connectivity index (χ4v) is 1.83. The number of furan rings is 1.